The van der Waals surface area contributed by atoms with Crippen molar-refractivity contribution in [2.45, 2.75) is 6.92 Å². The molecule has 0 aliphatic rings. The Kier molecular flexibility index (Phi) is 30.8. The molecule has 0 heterocycles. The number of alkyl halides is 1. The molecule has 0 fully saturated rings. The molecular formula is C8H11F5. The van der Waals surface area contributed by atoms with Crippen LogP contribution < -0.4 is 0 Å². The van der Waals surface area contributed by atoms with Crippen molar-refractivity contribution in [2.75, 3.05) is 7.18 Å². The van der Waals surface area contributed by atoms with Crippen molar-refractivity contribution in [3.8, 4) is 0 Å². The standard InChI is InChI=1S/C7H8.CH3F.2F2/c1-7-5-3-2-4-6-7;3*1-2/h2-6H,1H3;1H3;;. The van der Waals surface area contributed by atoms with Crippen LogP contribution >= 0.6 is 0 Å². The normalized spacial score (nSPS) is 6.08. The van der Waals surface area contributed by atoms with Gasteiger partial charge in [0.15, 0.2) is 0 Å². The van der Waals surface area contributed by atoms with E-state index in [2.05, 4.69) is 19.1 Å². The summed E-state index contributed by atoms with van der Waals surface area (Å²) in [7, 11) is 0.500. The fourth-order valence-corrected chi connectivity index (χ4v) is 0.534. The summed E-state index contributed by atoms with van der Waals surface area (Å²) >= 11 is 0. The van der Waals surface area contributed by atoms with Gasteiger partial charge in [0.1, 0.15) is 0 Å². The van der Waals surface area contributed by atoms with E-state index in [9.17, 15) is 4.39 Å². The third-order valence-electron chi connectivity index (χ3n) is 0.940. The van der Waals surface area contributed by atoms with Crippen molar-refractivity contribution in [3.05, 3.63) is 35.9 Å². The van der Waals surface area contributed by atoms with E-state index < -0.39 is 0 Å². The first-order chi connectivity index (χ1) is 6.39. The maximum atomic E-state index is 9.50. The second-order valence-corrected chi connectivity index (χ2v) is 1.65. The van der Waals surface area contributed by atoms with E-state index in [0.717, 1.165) is 0 Å². The number of halogens is 5. The Morgan fingerprint density at radius 1 is 0.769 bits per heavy atom. The van der Waals surface area contributed by atoms with Crippen LogP contribution in [0, 0.1) is 6.92 Å². The Balaban J connectivity index is -0.000000144. The highest BCUT2D eigenvalue weighted by Crippen LogP contribution is 1.92. The lowest BCUT2D eigenvalue weighted by molar-refractivity contribution is 0.108. The smallest absolute Gasteiger partial charge is 0.0785 e. The average Bonchev–Trinajstić information content (AvgIpc) is 2.28. The Labute approximate surface area is 73.7 Å². The molecule has 0 aliphatic heterocycles. The predicted octanol–water partition coefficient (Wildman–Crippen LogP) is 4.26. The van der Waals surface area contributed by atoms with Crippen molar-refractivity contribution >= 4 is 0 Å². The second-order valence-electron chi connectivity index (χ2n) is 1.65. The van der Waals surface area contributed by atoms with Crippen LogP contribution in [0.1, 0.15) is 5.56 Å². The van der Waals surface area contributed by atoms with Gasteiger partial charge >= 0.3 is 0 Å². The van der Waals surface area contributed by atoms with Crippen molar-refractivity contribution in [1.82, 2.24) is 0 Å². The maximum Gasteiger partial charge on any atom is 0.0785 e. The largest absolute Gasteiger partial charge is 0.255 e. The molecule has 0 nitrogen and oxygen atoms in total. The van der Waals surface area contributed by atoms with E-state index in [1.807, 2.05) is 18.2 Å². The van der Waals surface area contributed by atoms with Gasteiger partial charge in [0.25, 0.3) is 0 Å². The molecule has 0 unspecified atom stereocenters. The molecule has 0 saturated heterocycles. The van der Waals surface area contributed by atoms with Gasteiger partial charge in [-0.05, 0) is 6.92 Å². The van der Waals surface area contributed by atoms with Crippen LogP contribution in [0.2, 0.25) is 0 Å². The summed E-state index contributed by atoms with van der Waals surface area (Å²) in [6.07, 6.45) is 0. The fraction of sp³-hybridized carbons (Fsp3) is 0.250. The van der Waals surface area contributed by atoms with Gasteiger partial charge in [0.05, 0.1) is 7.18 Å². The summed E-state index contributed by atoms with van der Waals surface area (Å²) in [5.41, 5.74) is 1.32. The van der Waals surface area contributed by atoms with Gasteiger partial charge in [-0.2, -0.15) is 0 Å². The summed E-state index contributed by atoms with van der Waals surface area (Å²) in [5, 5.41) is 0. The van der Waals surface area contributed by atoms with E-state index in [4.69, 9.17) is 18.3 Å². The lowest BCUT2D eigenvalue weighted by atomic mass is 10.2. The van der Waals surface area contributed by atoms with Gasteiger partial charge < -0.3 is 0 Å². The van der Waals surface area contributed by atoms with Gasteiger partial charge in [-0.3, -0.25) is 4.39 Å². The van der Waals surface area contributed by atoms with E-state index >= 15 is 0 Å². The molecule has 0 aliphatic carbocycles. The fourth-order valence-electron chi connectivity index (χ4n) is 0.534. The van der Waals surface area contributed by atoms with Gasteiger partial charge in [0, 0.05) is 18.3 Å². The quantitative estimate of drug-likeness (QED) is 0.551. The maximum absolute atomic E-state index is 9.50. The van der Waals surface area contributed by atoms with Crippen molar-refractivity contribution in [1.29, 1.82) is 0 Å². The van der Waals surface area contributed by atoms with Gasteiger partial charge in [-0.25, -0.2) is 0 Å². The number of aryl methyl sites for hydroxylation is 1. The van der Waals surface area contributed by atoms with Gasteiger partial charge in [-0.1, -0.05) is 35.9 Å². The molecule has 0 N–H and O–H groups in total. The zero-order valence-electron chi connectivity index (χ0n) is 7.28. The molecule has 0 saturated carbocycles. The Morgan fingerprint density at radius 3 is 1.23 bits per heavy atom. The first kappa shape index (κ1) is 17.8. The molecule has 1 aromatic rings. The molecule has 78 valence electrons. The lowest BCUT2D eigenvalue weighted by Crippen LogP contribution is -1.62. The minimum absolute atomic E-state index is 0.500. The zero-order chi connectivity index (χ0) is 11.1. The van der Waals surface area contributed by atoms with Crippen LogP contribution in [0.5, 0.6) is 0 Å². The summed E-state index contributed by atoms with van der Waals surface area (Å²) < 4.78 is 41.5. The van der Waals surface area contributed by atoms with Gasteiger partial charge in [0.2, 0.25) is 0 Å². The topological polar surface area (TPSA) is 0 Å². The minimum Gasteiger partial charge on any atom is -0.255 e. The van der Waals surface area contributed by atoms with Crippen molar-refractivity contribution in [3.63, 3.8) is 0 Å². The number of benzene rings is 1. The van der Waals surface area contributed by atoms with E-state index in [0.29, 0.717) is 7.18 Å². The number of rotatable bonds is 0. The summed E-state index contributed by atoms with van der Waals surface area (Å²) in [6, 6.07) is 10.3. The lowest BCUT2D eigenvalue weighted by Gasteiger charge is -1.82. The molecule has 13 heavy (non-hydrogen) atoms. The summed E-state index contributed by atoms with van der Waals surface area (Å²) in [4.78, 5) is 0. The molecule has 1 rings (SSSR count). The van der Waals surface area contributed by atoms with Crippen LogP contribution in [0.25, 0.3) is 0 Å². The third-order valence-corrected chi connectivity index (χ3v) is 0.940. The van der Waals surface area contributed by atoms with Crippen molar-refractivity contribution in [2.24, 2.45) is 0 Å². The molecular weight excluding hydrogens is 191 g/mol. The number of hydrogen-bond acceptors (Lipinski definition) is 0. The molecule has 0 bridgehead atoms. The number of hydrogen-bond donors (Lipinski definition) is 0. The predicted molar refractivity (Wildman–Crippen MR) is 42.6 cm³/mol. The summed E-state index contributed by atoms with van der Waals surface area (Å²) in [6.45, 7) is 2.08. The molecule has 0 amide bonds. The van der Waals surface area contributed by atoms with E-state index in [1.165, 1.54) is 5.56 Å². The highest BCUT2D eigenvalue weighted by Gasteiger charge is 1.72. The Bertz CT molecular complexity index is 142. The molecule has 0 spiro atoms. The van der Waals surface area contributed by atoms with Crippen LogP contribution in [0.3, 0.4) is 0 Å². The van der Waals surface area contributed by atoms with Gasteiger partial charge in [-0.15, -0.1) is 0 Å². The molecule has 5 heteroatoms. The van der Waals surface area contributed by atoms with Crippen molar-refractivity contribution < 1.29 is 22.7 Å². The second kappa shape index (κ2) is 22.4. The molecule has 1 aromatic carbocycles. The molecule has 0 atom stereocenters. The van der Waals surface area contributed by atoms with Crippen LogP contribution in [0.15, 0.2) is 30.3 Å². The molecule has 0 aromatic heterocycles. The van der Waals surface area contributed by atoms with Crippen LogP contribution in [-0.4, -0.2) is 7.18 Å². The van der Waals surface area contributed by atoms with Crippen LogP contribution in [0.4, 0.5) is 22.7 Å². The first-order valence-corrected chi connectivity index (χ1v) is 3.07. The zero-order valence-corrected chi connectivity index (χ0v) is 7.28. The first-order valence-electron chi connectivity index (χ1n) is 3.07. The average molecular weight is 202 g/mol. The highest BCUT2D eigenvalue weighted by atomic mass is 20.0. The monoisotopic (exact) mass is 202 g/mol. The minimum atomic E-state index is 0.500. The Hall–Kier alpha value is -1.13. The van der Waals surface area contributed by atoms with Crippen LogP contribution in [-0.2, 0) is 0 Å². The molecule has 0 radical (unpaired) electrons. The van der Waals surface area contributed by atoms with E-state index in [1.54, 1.807) is 0 Å². The third kappa shape index (κ3) is 18.1. The van der Waals surface area contributed by atoms with E-state index in [-0.39, 0.29) is 0 Å². The Morgan fingerprint density at radius 2 is 1.08 bits per heavy atom. The summed E-state index contributed by atoms with van der Waals surface area (Å²) in [5.74, 6) is 0. The SMILES string of the molecule is CF.Cc1ccccc1.FF.FF. The highest BCUT2D eigenvalue weighted by molar-refractivity contribution is 5.11.